The highest BCUT2D eigenvalue weighted by Crippen LogP contribution is 2.23. The Morgan fingerprint density at radius 2 is 2.32 bits per heavy atom. The van der Waals surface area contributed by atoms with Crippen molar-refractivity contribution in [2.45, 2.75) is 0 Å². The average Bonchev–Trinajstić information content (AvgIpc) is 2.49. The Morgan fingerprint density at radius 3 is 3.14 bits per heavy atom. The molecule has 0 aliphatic carbocycles. The Balaban J connectivity index is 1.75. The summed E-state index contributed by atoms with van der Waals surface area (Å²) >= 11 is 5.92. The lowest BCUT2D eigenvalue weighted by Crippen LogP contribution is -2.50. The largest absolute Gasteiger partial charge is 0.331 e. The number of halogens is 1. The van der Waals surface area contributed by atoms with Gasteiger partial charge in [-0.25, -0.2) is 0 Å². The number of piperazine rings is 1. The van der Waals surface area contributed by atoms with Crippen molar-refractivity contribution >= 4 is 40.0 Å². The number of rotatable bonds is 3. The second-order valence-electron chi connectivity index (χ2n) is 5.07. The summed E-state index contributed by atoms with van der Waals surface area (Å²) in [4.78, 5) is 29.6. The molecule has 1 aliphatic heterocycles. The van der Waals surface area contributed by atoms with Crippen LogP contribution < -0.4 is 10.6 Å². The number of hydrogen-bond acceptors (Lipinski definition) is 4. The van der Waals surface area contributed by atoms with Gasteiger partial charge in [-0.3, -0.25) is 14.6 Å². The van der Waals surface area contributed by atoms with Crippen LogP contribution >= 0.6 is 11.6 Å². The van der Waals surface area contributed by atoms with Gasteiger partial charge in [0.25, 0.3) is 0 Å². The number of hydrogen-bond donors (Lipinski definition) is 2. The van der Waals surface area contributed by atoms with Crippen LogP contribution in [0.15, 0.2) is 30.5 Å². The predicted molar refractivity (Wildman–Crippen MR) is 84.8 cm³/mol. The highest BCUT2D eigenvalue weighted by Gasteiger charge is 2.20. The van der Waals surface area contributed by atoms with Crippen LogP contribution in [0.4, 0.5) is 5.69 Å². The second-order valence-corrected chi connectivity index (χ2v) is 5.51. The van der Waals surface area contributed by atoms with Crippen LogP contribution in [-0.2, 0) is 9.59 Å². The molecule has 2 heterocycles. The third kappa shape index (κ3) is 3.18. The normalized spacial score (nSPS) is 15.1. The molecule has 114 valence electrons. The summed E-state index contributed by atoms with van der Waals surface area (Å²) in [6.07, 6.45) is 1.54. The van der Waals surface area contributed by atoms with Crippen molar-refractivity contribution in [1.29, 1.82) is 0 Å². The number of para-hydroxylation sites is 1. The maximum absolute atomic E-state index is 12.2. The topological polar surface area (TPSA) is 74.3 Å². The first-order valence-electron chi connectivity index (χ1n) is 6.96. The minimum atomic E-state index is -0.237. The summed E-state index contributed by atoms with van der Waals surface area (Å²) in [5, 5.41) is 7.18. The Kier molecular flexibility index (Phi) is 4.22. The molecule has 0 spiro atoms. The Morgan fingerprint density at radius 1 is 1.45 bits per heavy atom. The van der Waals surface area contributed by atoms with Crippen molar-refractivity contribution in [2.24, 2.45) is 0 Å². The van der Waals surface area contributed by atoms with Gasteiger partial charge in [0.1, 0.15) is 0 Å². The van der Waals surface area contributed by atoms with Gasteiger partial charge in [-0.05, 0) is 12.1 Å². The van der Waals surface area contributed by atoms with Gasteiger partial charge < -0.3 is 15.5 Å². The summed E-state index contributed by atoms with van der Waals surface area (Å²) in [5.74, 6) is -0.302. The molecule has 22 heavy (non-hydrogen) atoms. The summed E-state index contributed by atoms with van der Waals surface area (Å²) in [6.45, 7) is 1.56. The van der Waals surface area contributed by atoms with E-state index in [2.05, 4.69) is 15.6 Å². The molecule has 2 N–H and O–H groups in total. The predicted octanol–water partition coefficient (Wildman–Crippen LogP) is 1.26. The first-order chi connectivity index (χ1) is 10.6. The van der Waals surface area contributed by atoms with E-state index >= 15 is 0 Å². The number of benzene rings is 1. The number of carbonyl (C=O) groups excluding carboxylic acids is 2. The third-order valence-corrected chi connectivity index (χ3v) is 3.68. The van der Waals surface area contributed by atoms with E-state index in [0.29, 0.717) is 29.3 Å². The Hall–Kier alpha value is -2.18. The van der Waals surface area contributed by atoms with Crippen molar-refractivity contribution in [2.75, 3.05) is 31.5 Å². The molecule has 0 unspecified atom stereocenters. The standard InChI is InChI=1S/C15H15ClN4O2/c16-11-6-10-2-1-3-12(15(10)18-7-11)19-13(21)9-20-5-4-17-8-14(20)22/h1-3,6-7,17H,4-5,8-9H2,(H,19,21). The van der Waals surface area contributed by atoms with E-state index in [9.17, 15) is 9.59 Å². The zero-order valence-corrected chi connectivity index (χ0v) is 12.6. The fourth-order valence-corrected chi connectivity index (χ4v) is 2.58. The van der Waals surface area contributed by atoms with Gasteiger partial charge in [-0.2, -0.15) is 0 Å². The molecule has 1 saturated heterocycles. The zero-order chi connectivity index (χ0) is 15.5. The first-order valence-corrected chi connectivity index (χ1v) is 7.34. The van der Waals surface area contributed by atoms with Crippen molar-refractivity contribution in [3.8, 4) is 0 Å². The van der Waals surface area contributed by atoms with E-state index in [1.165, 1.54) is 0 Å². The number of nitrogens with one attached hydrogen (secondary N) is 2. The lowest BCUT2D eigenvalue weighted by molar-refractivity contribution is -0.135. The number of fused-ring (bicyclic) bond motifs is 1. The number of carbonyl (C=O) groups is 2. The van der Waals surface area contributed by atoms with Crippen molar-refractivity contribution in [3.63, 3.8) is 0 Å². The second kappa shape index (κ2) is 6.29. The lowest BCUT2D eigenvalue weighted by Gasteiger charge is -2.26. The Labute approximate surface area is 132 Å². The first kappa shape index (κ1) is 14.7. The van der Waals surface area contributed by atoms with Gasteiger partial charge in [0.05, 0.1) is 29.3 Å². The molecular weight excluding hydrogens is 304 g/mol. The number of pyridine rings is 1. The molecule has 3 rings (SSSR count). The smallest absolute Gasteiger partial charge is 0.244 e. The monoisotopic (exact) mass is 318 g/mol. The van der Waals surface area contributed by atoms with Crippen molar-refractivity contribution in [1.82, 2.24) is 15.2 Å². The highest BCUT2D eigenvalue weighted by atomic mass is 35.5. The molecule has 0 saturated carbocycles. The molecule has 2 amide bonds. The van der Waals surface area contributed by atoms with Crippen molar-refractivity contribution in [3.05, 3.63) is 35.5 Å². The van der Waals surface area contributed by atoms with E-state index in [-0.39, 0.29) is 24.9 Å². The van der Waals surface area contributed by atoms with Crippen LogP contribution in [0.1, 0.15) is 0 Å². The van der Waals surface area contributed by atoms with Crippen LogP contribution in [-0.4, -0.2) is 47.9 Å². The summed E-state index contributed by atoms with van der Waals surface area (Å²) in [6, 6.07) is 7.27. The van der Waals surface area contributed by atoms with E-state index < -0.39 is 0 Å². The van der Waals surface area contributed by atoms with E-state index in [0.717, 1.165) is 5.39 Å². The highest BCUT2D eigenvalue weighted by molar-refractivity contribution is 6.31. The molecule has 0 radical (unpaired) electrons. The van der Waals surface area contributed by atoms with Gasteiger partial charge in [-0.15, -0.1) is 0 Å². The Bertz CT molecular complexity index is 735. The fraction of sp³-hybridized carbons (Fsp3) is 0.267. The minimum absolute atomic E-state index is 0.0461. The summed E-state index contributed by atoms with van der Waals surface area (Å²) in [7, 11) is 0. The van der Waals surface area contributed by atoms with E-state index in [1.807, 2.05) is 12.1 Å². The van der Waals surface area contributed by atoms with E-state index in [1.54, 1.807) is 23.2 Å². The number of anilines is 1. The number of aromatic nitrogens is 1. The van der Waals surface area contributed by atoms with Crippen LogP contribution in [0, 0.1) is 0 Å². The van der Waals surface area contributed by atoms with Gasteiger partial charge in [-0.1, -0.05) is 23.7 Å². The molecule has 1 aliphatic rings. The van der Waals surface area contributed by atoms with Gasteiger partial charge >= 0.3 is 0 Å². The maximum atomic E-state index is 12.2. The summed E-state index contributed by atoms with van der Waals surface area (Å²) < 4.78 is 0. The third-order valence-electron chi connectivity index (χ3n) is 3.47. The SMILES string of the molecule is O=C(CN1CCNCC1=O)Nc1cccc2cc(Cl)cnc12. The molecule has 0 bridgehead atoms. The van der Waals surface area contributed by atoms with Crippen LogP contribution in [0.25, 0.3) is 10.9 Å². The molecule has 1 fully saturated rings. The van der Waals surface area contributed by atoms with Crippen LogP contribution in [0.2, 0.25) is 5.02 Å². The van der Waals surface area contributed by atoms with Crippen molar-refractivity contribution < 1.29 is 9.59 Å². The molecule has 2 aromatic rings. The van der Waals surface area contributed by atoms with Crippen LogP contribution in [0.5, 0.6) is 0 Å². The lowest BCUT2D eigenvalue weighted by atomic mass is 10.2. The molecular formula is C15H15ClN4O2. The average molecular weight is 319 g/mol. The quantitative estimate of drug-likeness (QED) is 0.893. The molecule has 1 aromatic carbocycles. The summed E-state index contributed by atoms with van der Waals surface area (Å²) in [5.41, 5.74) is 1.29. The maximum Gasteiger partial charge on any atom is 0.244 e. The van der Waals surface area contributed by atoms with Gasteiger partial charge in [0.2, 0.25) is 11.8 Å². The van der Waals surface area contributed by atoms with Gasteiger partial charge in [0.15, 0.2) is 0 Å². The van der Waals surface area contributed by atoms with E-state index in [4.69, 9.17) is 11.6 Å². The van der Waals surface area contributed by atoms with Gasteiger partial charge in [0, 0.05) is 24.7 Å². The minimum Gasteiger partial charge on any atom is -0.331 e. The van der Waals surface area contributed by atoms with Crippen LogP contribution in [0.3, 0.4) is 0 Å². The molecule has 6 nitrogen and oxygen atoms in total. The molecule has 0 atom stereocenters. The fourth-order valence-electron chi connectivity index (χ4n) is 2.41. The number of nitrogens with zero attached hydrogens (tertiary/aromatic N) is 2. The molecule has 1 aromatic heterocycles. The molecule has 7 heteroatoms. The zero-order valence-electron chi connectivity index (χ0n) is 11.8. The number of amides is 2.